The molecule has 0 spiro atoms. The van der Waals surface area contributed by atoms with Crippen LogP contribution in [0.1, 0.15) is 140 Å². The summed E-state index contributed by atoms with van der Waals surface area (Å²) in [5, 5.41) is 76.7. The number of fused-ring (bicyclic) bond motifs is 3. The van der Waals surface area contributed by atoms with E-state index < -0.39 is 162 Å². The number of ketones is 3. The van der Waals surface area contributed by atoms with Crippen LogP contribution in [0.15, 0.2) is 42.5 Å². The van der Waals surface area contributed by atoms with Gasteiger partial charge >= 0.3 is 5.97 Å². The second-order valence-corrected chi connectivity index (χ2v) is 23.2. The summed E-state index contributed by atoms with van der Waals surface area (Å²) < 4.78 is 17.7. The number of hydrogen-bond acceptors (Lipinski definition) is 18. The number of likely N-dealkylation sites (N-methyl/N-ethyl adjacent to an activating group) is 1. The fourth-order valence-corrected chi connectivity index (χ4v) is 11.6. The molecule has 2 heterocycles. The first-order valence-corrected chi connectivity index (χ1v) is 28.3. The lowest BCUT2D eigenvalue weighted by atomic mass is 9.72. The molecular weight excluding hydrogens is 1110 g/mol. The molecule has 3 aromatic carbocycles. The number of carboxylic acid groups (broad SMARTS) is 1. The van der Waals surface area contributed by atoms with Crippen molar-refractivity contribution in [3.05, 3.63) is 87.0 Å². The SMILES string of the molecule is COc1cccc2c1C(=O)c1c(O)c3c(c(O)c1C2=O)C[C@@](O)(C(=O)CO)C[C@@H]3OC1CC(NC(=O)[C@H](CC(C)C)NC(=O)[C@@H]2CCCN2C(=O)CNC(=O)[C@H](C)NC(=O)[C@H](CC(C)C)N(C)C(=O)Cc2ccc(CC(=O)O)cc2)C(O)C(C)O1. The van der Waals surface area contributed by atoms with Gasteiger partial charge in [-0.25, -0.2) is 0 Å². The quantitative estimate of drug-likeness (QED) is 0.0464. The molecule has 0 radical (unpaired) electrons. The largest absolute Gasteiger partial charge is 0.507 e. The van der Waals surface area contributed by atoms with E-state index in [0.29, 0.717) is 17.5 Å². The van der Waals surface area contributed by atoms with Gasteiger partial charge in [0.05, 0.1) is 61.4 Å². The Labute approximate surface area is 490 Å². The number of aliphatic hydroxyl groups is 3. The van der Waals surface area contributed by atoms with E-state index in [1.165, 1.54) is 56.0 Å². The van der Waals surface area contributed by atoms with Crippen molar-refractivity contribution in [2.45, 2.75) is 160 Å². The van der Waals surface area contributed by atoms with Crippen LogP contribution in [0.4, 0.5) is 0 Å². The molecule has 3 aromatic rings. The lowest BCUT2D eigenvalue weighted by molar-refractivity contribution is -0.249. The van der Waals surface area contributed by atoms with Crippen molar-refractivity contribution >= 4 is 58.8 Å². The molecule has 7 rings (SSSR count). The highest BCUT2D eigenvalue weighted by Gasteiger charge is 2.51. The number of aliphatic hydroxyl groups excluding tert-OH is 2. The van der Waals surface area contributed by atoms with E-state index in [1.807, 2.05) is 27.7 Å². The highest BCUT2D eigenvalue weighted by atomic mass is 16.7. The van der Waals surface area contributed by atoms with Crippen LogP contribution in [0.25, 0.3) is 0 Å². The highest BCUT2D eigenvalue weighted by molar-refractivity contribution is 6.31. The Bertz CT molecular complexity index is 3110. The number of carboxylic acids is 1. The predicted octanol–water partition coefficient (Wildman–Crippen LogP) is 1.04. The number of carbonyl (C=O) groups is 10. The van der Waals surface area contributed by atoms with E-state index in [-0.39, 0.29) is 90.8 Å². The van der Waals surface area contributed by atoms with Crippen molar-refractivity contribution in [2.75, 3.05) is 33.9 Å². The lowest BCUT2D eigenvalue weighted by Gasteiger charge is -2.43. The third kappa shape index (κ3) is 14.3. The van der Waals surface area contributed by atoms with Crippen molar-refractivity contribution in [3.8, 4) is 17.2 Å². The number of hydrogen-bond donors (Lipinski definition) is 10. The van der Waals surface area contributed by atoms with Gasteiger partial charge in [-0.3, -0.25) is 47.9 Å². The van der Waals surface area contributed by atoms with Crippen LogP contribution >= 0.6 is 0 Å². The molecule has 10 N–H and O–H groups in total. The number of likely N-dealkylation sites (tertiary alicyclic amines) is 1. The minimum Gasteiger partial charge on any atom is -0.507 e. The summed E-state index contributed by atoms with van der Waals surface area (Å²) in [7, 11) is 2.76. The standard InChI is InChI=1S/C60H76N6O19/c1-28(2)19-37(64-58(80)38-12-10-18-66(38)44(70)26-61-56(78)30(5)62-59(81)39(20-29(3)4)65(7)43(69)21-32-14-16-33(17-15-32)22-45(71)72)57(79)63-36-23-46(84-31(6)51(36)73)85-41-25-60(82,42(68)27-67)24-35-48(41)55(77)50-49(53(35)75)52(74)34-11-9-13-40(83-8)47(34)54(50)76/h9,11,13-17,28-31,36-39,41,46,51,67,73,75,77,82H,10,12,18-27H2,1-8H3,(H,61,78)(H,62,81)(H,63,79)(H,64,80)(H,71,72)/t30-,31?,36?,37-,38-,39-,41-,46?,51?,60-/m0/s1. The van der Waals surface area contributed by atoms with Crippen LogP contribution in [0.5, 0.6) is 17.2 Å². The summed E-state index contributed by atoms with van der Waals surface area (Å²) in [6, 6.07) is 5.20. The van der Waals surface area contributed by atoms with E-state index in [9.17, 15) is 73.5 Å². The molecule has 25 nitrogen and oxygen atoms in total. The van der Waals surface area contributed by atoms with Crippen LogP contribution < -0.4 is 26.0 Å². The van der Waals surface area contributed by atoms with Gasteiger partial charge in [-0.1, -0.05) is 64.1 Å². The molecule has 0 bridgehead atoms. The number of aliphatic carboxylic acids is 1. The number of phenols is 2. The first-order valence-electron chi connectivity index (χ1n) is 28.3. The molecule has 85 heavy (non-hydrogen) atoms. The zero-order valence-corrected chi connectivity index (χ0v) is 48.8. The normalized spacial score (nSPS) is 22.7. The van der Waals surface area contributed by atoms with Crippen LogP contribution in [-0.2, 0) is 67.1 Å². The number of aromatic hydroxyl groups is 2. The van der Waals surface area contributed by atoms with Gasteiger partial charge < -0.3 is 75.9 Å². The predicted molar refractivity (Wildman–Crippen MR) is 300 cm³/mol. The van der Waals surface area contributed by atoms with E-state index in [4.69, 9.17) is 19.3 Å². The van der Waals surface area contributed by atoms with E-state index in [1.54, 1.807) is 24.3 Å². The van der Waals surface area contributed by atoms with Gasteiger partial charge in [0, 0.05) is 49.5 Å². The van der Waals surface area contributed by atoms with Gasteiger partial charge in [0.15, 0.2) is 17.9 Å². The molecule has 2 aliphatic heterocycles. The number of carbonyl (C=O) groups excluding carboxylic acids is 9. The maximum Gasteiger partial charge on any atom is 0.307 e. The Kier molecular flexibility index (Phi) is 20.6. The van der Waals surface area contributed by atoms with Gasteiger partial charge in [0.25, 0.3) is 0 Å². The molecule has 10 atom stereocenters. The molecule has 4 unspecified atom stereocenters. The van der Waals surface area contributed by atoms with Crippen molar-refractivity contribution in [3.63, 3.8) is 0 Å². The molecule has 2 aliphatic carbocycles. The molecule has 0 aromatic heterocycles. The number of Topliss-reactive ketones (excluding diaryl/α,β-unsaturated/α-hetero) is 1. The van der Waals surface area contributed by atoms with Gasteiger partial charge in [-0.15, -0.1) is 0 Å². The van der Waals surface area contributed by atoms with E-state index in [2.05, 4.69) is 21.3 Å². The Morgan fingerprint density at radius 3 is 2.12 bits per heavy atom. The Hall–Kier alpha value is -7.84. The molecule has 25 heteroatoms. The number of benzene rings is 3. The zero-order chi connectivity index (χ0) is 62.5. The first kappa shape index (κ1) is 64.7. The second-order valence-electron chi connectivity index (χ2n) is 23.2. The summed E-state index contributed by atoms with van der Waals surface area (Å²) in [5.74, 6) is -9.35. The van der Waals surface area contributed by atoms with E-state index in [0.717, 1.165) is 0 Å². The maximum absolute atomic E-state index is 14.3. The summed E-state index contributed by atoms with van der Waals surface area (Å²) in [6.45, 7) is 8.70. The van der Waals surface area contributed by atoms with Gasteiger partial charge in [-0.05, 0) is 68.6 Å². The summed E-state index contributed by atoms with van der Waals surface area (Å²) in [4.78, 5) is 137. The summed E-state index contributed by atoms with van der Waals surface area (Å²) >= 11 is 0. The monoisotopic (exact) mass is 1180 g/mol. The molecule has 460 valence electrons. The lowest BCUT2D eigenvalue weighted by Crippen LogP contribution is -2.60. The Balaban J connectivity index is 0.991. The minimum absolute atomic E-state index is 0.0127. The van der Waals surface area contributed by atoms with Crippen molar-refractivity contribution in [1.29, 1.82) is 0 Å². The topological polar surface area (TPSA) is 374 Å². The Morgan fingerprint density at radius 2 is 1.49 bits per heavy atom. The van der Waals surface area contributed by atoms with Crippen LogP contribution in [-0.4, -0.2) is 187 Å². The summed E-state index contributed by atoms with van der Waals surface area (Å²) in [6.07, 6.45) is -6.41. The molecular formula is C60H76N6O19. The van der Waals surface area contributed by atoms with E-state index >= 15 is 0 Å². The molecule has 2 fully saturated rings. The van der Waals surface area contributed by atoms with Crippen molar-refractivity contribution in [2.24, 2.45) is 11.8 Å². The average molecular weight is 1190 g/mol. The van der Waals surface area contributed by atoms with Crippen molar-refractivity contribution in [1.82, 2.24) is 31.1 Å². The van der Waals surface area contributed by atoms with Crippen LogP contribution in [0, 0.1) is 11.8 Å². The first-order chi connectivity index (χ1) is 40.1. The smallest absolute Gasteiger partial charge is 0.307 e. The average Bonchev–Trinajstić information content (AvgIpc) is 1.11. The van der Waals surface area contributed by atoms with Crippen LogP contribution in [0.3, 0.4) is 0 Å². The van der Waals surface area contributed by atoms with Gasteiger partial charge in [0.1, 0.15) is 59.7 Å². The van der Waals surface area contributed by atoms with Gasteiger partial charge in [0.2, 0.25) is 41.2 Å². The number of phenolic OH excluding ortho intramolecular Hbond substituents is 2. The number of nitrogens with zero attached hydrogens (tertiary/aromatic N) is 2. The Morgan fingerprint density at radius 1 is 0.847 bits per heavy atom. The van der Waals surface area contributed by atoms with Crippen LogP contribution in [0.2, 0.25) is 0 Å². The molecule has 0 saturated carbocycles. The third-order valence-electron chi connectivity index (χ3n) is 16.1. The number of rotatable bonds is 23. The zero-order valence-electron chi connectivity index (χ0n) is 48.8. The number of methoxy groups -OCH3 is 1. The molecule has 6 amide bonds. The summed E-state index contributed by atoms with van der Waals surface area (Å²) in [5.41, 5.74) is -3.35. The highest BCUT2D eigenvalue weighted by Crippen LogP contribution is 2.52. The number of ether oxygens (including phenoxy) is 3. The molecule has 4 aliphatic rings. The third-order valence-corrected chi connectivity index (χ3v) is 16.1. The molecule has 2 saturated heterocycles. The second kappa shape index (κ2) is 27.0. The minimum atomic E-state index is -2.44. The number of amides is 6. The van der Waals surface area contributed by atoms with Gasteiger partial charge in [-0.2, -0.15) is 0 Å². The maximum atomic E-state index is 14.3. The fraction of sp³-hybridized carbons (Fsp3) is 0.533. The fourth-order valence-electron chi connectivity index (χ4n) is 11.6. The van der Waals surface area contributed by atoms with Crippen molar-refractivity contribution < 1.29 is 92.8 Å². The number of nitrogens with one attached hydrogen (secondary N) is 4.